The van der Waals surface area contributed by atoms with Crippen LogP contribution in [0.3, 0.4) is 0 Å². The van der Waals surface area contributed by atoms with Gasteiger partial charge in [-0.1, -0.05) is 30.3 Å². The number of anilines is 1. The highest BCUT2D eigenvalue weighted by Crippen LogP contribution is 2.26. The average molecular weight is 297 g/mol. The zero-order valence-electron chi connectivity index (χ0n) is 12.7. The van der Waals surface area contributed by atoms with Gasteiger partial charge >= 0.3 is 0 Å². The average Bonchev–Trinajstić information content (AvgIpc) is 2.49. The van der Waals surface area contributed by atoms with Crippen LogP contribution >= 0.6 is 0 Å². The molecule has 0 aliphatic heterocycles. The SMILES string of the molecule is CC(C)Oc1ccc(C=O)cc1NC(=O)Cc1ccccc1. The van der Waals surface area contributed by atoms with E-state index < -0.39 is 0 Å². The van der Waals surface area contributed by atoms with Crippen LogP contribution in [0.2, 0.25) is 0 Å². The zero-order chi connectivity index (χ0) is 15.9. The largest absolute Gasteiger partial charge is 0.489 e. The van der Waals surface area contributed by atoms with Crippen LogP contribution in [0.1, 0.15) is 29.8 Å². The minimum absolute atomic E-state index is 0.0214. The van der Waals surface area contributed by atoms with Gasteiger partial charge in [0.2, 0.25) is 5.91 Å². The molecule has 22 heavy (non-hydrogen) atoms. The number of hydrogen-bond acceptors (Lipinski definition) is 3. The van der Waals surface area contributed by atoms with Crippen LogP contribution in [0.4, 0.5) is 5.69 Å². The Hall–Kier alpha value is -2.62. The second-order valence-corrected chi connectivity index (χ2v) is 5.25. The molecule has 0 fully saturated rings. The number of nitrogens with one attached hydrogen (secondary N) is 1. The van der Waals surface area contributed by atoms with E-state index in [2.05, 4.69) is 5.32 Å². The zero-order valence-corrected chi connectivity index (χ0v) is 12.7. The topological polar surface area (TPSA) is 55.4 Å². The molecule has 0 saturated heterocycles. The standard InChI is InChI=1S/C18H19NO3/c1-13(2)22-17-9-8-15(12-20)10-16(17)19-18(21)11-14-6-4-3-5-7-14/h3-10,12-13H,11H2,1-2H3,(H,19,21). The first kappa shape index (κ1) is 15.8. The van der Waals surface area contributed by atoms with E-state index >= 15 is 0 Å². The summed E-state index contributed by atoms with van der Waals surface area (Å²) in [5.41, 5.74) is 1.93. The monoisotopic (exact) mass is 297 g/mol. The van der Waals surface area contributed by atoms with Crippen molar-refractivity contribution in [1.82, 2.24) is 0 Å². The molecule has 1 amide bonds. The highest BCUT2D eigenvalue weighted by atomic mass is 16.5. The van der Waals surface area contributed by atoms with Crippen molar-refractivity contribution in [3.8, 4) is 5.75 Å². The van der Waals surface area contributed by atoms with E-state index in [-0.39, 0.29) is 18.4 Å². The smallest absolute Gasteiger partial charge is 0.228 e. The van der Waals surface area contributed by atoms with Gasteiger partial charge in [-0.05, 0) is 37.6 Å². The lowest BCUT2D eigenvalue weighted by atomic mass is 10.1. The minimum atomic E-state index is -0.150. The van der Waals surface area contributed by atoms with Gasteiger partial charge in [-0.15, -0.1) is 0 Å². The minimum Gasteiger partial charge on any atom is -0.489 e. The van der Waals surface area contributed by atoms with E-state index in [9.17, 15) is 9.59 Å². The Bertz CT molecular complexity index is 651. The number of carbonyl (C=O) groups is 2. The van der Waals surface area contributed by atoms with Gasteiger partial charge in [0.25, 0.3) is 0 Å². The fraction of sp³-hybridized carbons (Fsp3) is 0.222. The van der Waals surface area contributed by atoms with Crippen LogP contribution in [-0.2, 0) is 11.2 Å². The van der Waals surface area contributed by atoms with Gasteiger partial charge in [0.1, 0.15) is 12.0 Å². The second kappa shape index (κ2) is 7.41. The molecular weight excluding hydrogens is 278 g/mol. The number of carbonyl (C=O) groups excluding carboxylic acids is 2. The molecule has 0 aromatic heterocycles. The first-order valence-corrected chi connectivity index (χ1v) is 7.18. The molecule has 0 heterocycles. The van der Waals surface area contributed by atoms with Crippen molar-refractivity contribution >= 4 is 17.9 Å². The number of aldehydes is 1. The maximum atomic E-state index is 12.2. The van der Waals surface area contributed by atoms with Crippen molar-refractivity contribution in [1.29, 1.82) is 0 Å². The number of rotatable bonds is 6. The van der Waals surface area contributed by atoms with E-state index in [4.69, 9.17) is 4.74 Å². The Morgan fingerprint density at radius 3 is 2.55 bits per heavy atom. The molecule has 2 rings (SSSR count). The Morgan fingerprint density at radius 2 is 1.91 bits per heavy atom. The maximum Gasteiger partial charge on any atom is 0.228 e. The quantitative estimate of drug-likeness (QED) is 0.831. The lowest BCUT2D eigenvalue weighted by Gasteiger charge is -2.15. The van der Waals surface area contributed by atoms with Crippen LogP contribution in [0, 0.1) is 0 Å². The van der Waals surface area contributed by atoms with Gasteiger partial charge < -0.3 is 10.1 Å². The van der Waals surface area contributed by atoms with Gasteiger partial charge in [0, 0.05) is 5.56 Å². The van der Waals surface area contributed by atoms with Crippen LogP contribution in [-0.4, -0.2) is 18.3 Å². The van der Waals surface area contributed by atoms with Crippen LogP contribution in [0.25, 0.3) is 0 Å². The van der Waals surface area contributed by atoms with E-state index in [1.807, 2.05) is 44.2 Å². The van der Waals surface area contributed by atoms with Crippen LogP contribution in [0.15, 0.2) is 48.5 Å². The van der Waals surface area contributed by atoms with Gasteiger partial charge in [0.15, 0.2) is 0 Å². The molecule has 1 N–H and O–H groups in total. The highest BCUT2D eigenvalue weighted by molar-refractivity contribution is 5.94. The summed E-state index contributed by atoms with van der Waals surface area (Å²) in [4.78, 5) is 23.1. The van der Waals surface area contributed by atoms with Gasteiger partial charge in [-0.2, -0.15) is 0 Å². The molecule has 0 bridgehead atoms. The molecule has 2 aromatic rings. The number of ether oxygens (including phenoxy) is 1. The Morgan fingerprint density at radius 1 is 1.18 bits per heavy atom. The molecule has 0 spiro atoms. The molecule has 114 valence electrons. The molecule has 0 saturated carbocycles. The molecule has 4 nitrogen and oxygen atoms in total. The molecule has 0 radical (unpaired) electrons. The Balaban J connectivity index is 2.15. The maximum absolute atomic E-state index is 12.2. The lowest BCUT2D eigenvalue weighted by molar-refractivity contribution is -0.115. The first-order valence-electron chi connectivity index (χ1n) is 7.18. The summed E-state index contributed by atoms with van der Waals surface area (Å²) < 4.78 is 5.67. The Kier molecular flexibility index (Phi) is 5.31. The third-order valence-electron chi connectivity index (χ3n) is 2.98. The number of benzene rings is 2. The van der Waals surface area contributed by atoms with Gasteiger partial charge in [-0.25, -0.2) is 0 Å². The molecule has 4 heteroatoms. The van der Waals surface area contributed by atoms with Crippen molar-refractivity contribution in [2.45, 2.75) is 26.4 Å². The molecular formula is C18H19NO3. The van der Waals surface area contributed by atoms with Crippen LogP contribution in [0.5, 0.6) is 5.75 Å². The summed E-state index contributed by atoms with van der Waals surface area (Å²) in [7, 11) is 0. The normalized spacial score (nSPS) is 10.3. The molecule has 2 aromatic carbocycles. The third-order valence-corrected chi connectivity index (χ3v) is 2.98. The fourth-order valence-corrected chi connectivity index (χ4v) is 2.05. The van der Waals surface area contributed by atoms with E-state index in [0.717, 1.165) is 11.8 Å². The van der Waals surface area contributed by atoms with E-state index in [1.54, 1.807) is 18.2 Å². The highest BCUT2D eigenvalue weighted by Gasteiger charge is 2.11. The van der Waals surface area contributed by atoms with E-state index in [0.29, 0.717) is 17.0 Å². The number of amides is 1. The summed E-state index contributed by atoms with van der Waals surface area (Å²) in [5.74, 6) is 0.407. The van der Waals surface area contributed by atoms with Crippen molar-refractivity contribution in [2.24, 2.45) is 0 Å². The number of hydrogen-bond donors (Lipinski definition) is 1. The van der Waals surface area contributed by atoms with Crippen molar-refractivity contribution in [3.63, 3.8) is 0 Å². The van der Waals surface area contributed by atoms with Crippen LogP contribution < -0.4 is 10.1 Å². The summed E-state index contributed by atoms with van der Waals surface area (Å²) in [6.07, 6.45) is 0.992. The van der Waals surface area contributed by atoms with Gasteiger partial charge in [-0.3, -0.25) is 9.59 Å². The van der Waals surface area contributed by atoms with E-state index in [1.165, 1.54) is 0 Å². The van der Waals surface area contributed by atoms with Crippen molar-refractivity contribution in [2.75, 3.05) is 5.32 Å². The summed E-state index contributed by atoms with van der Waals surface area (Å²) in [5, 5.41) is 2.82. The predicted molar refractivity (Wildman–Crippen MR) is 86.4 cm³/mol. The van der Waals surface area contributed by atoms with Crippen molar-refractivity contribution in [3.05, 3.63) is 59.7 Å². The van der Waals surface area contributed by atoms with Crippen molar-refractivity contribution < 1.29 is 14.3 Å². The second-order valence-electron chi connectivity index (χ2n) is 5.25. The Labute approximate surface area is 130 Å². The molecule has 0 aliphatic rings. The summed E-state index contributed by atoms with van der Waals surface area (Å²) in [6.45, 7) is 3.81. The van der Waals surface area contributed by atoms with Gasteiger partial charge in [0.05, 0.1) is 18.2 Å². The first-order chi connectivity index (χ1) is 10.6. The summed E-state index contributed by atoms with van der Waals surface area (Å²) in [6, 6.07) is 14.5. The molecule has 0 aliphatic carbocycles. The fourth-order valence-electron chi connectivity index (χ4n) is 2.05. The summed E-state index contributed by atoms with van der Waals surface area (Å²) >= 11 is 0. The lowest BCUT2D eigenvalue weighted by Crippen LogP contribution is -2.16. The third kappa shape index (κ3) is 4.45. The molecule has 0 atom stereocenters. The predicted octanol–water partition coefficient (Wildman–Crippen LogP) is 3.47. The molecule has 0 unspecified atom stereocenters.